The van der Waals surface area contributed by atoms with Crippen molar-refractivity contribution in [1.29, 1.82) is 0 Å². The average Bonchev–Trinajstić information content (AvgIpc) is 3.35. The Kier molecular flexibility index (Phi) is 7.22. The summed E-state index contributed by atoms with van der Waals surface area (Å²) in [7, 11) is 0. The number of carbonyl (C=O) groups excluding carboxylic acids is 2. The molecule has 8 heteroatoms. The summed E-state index contributed by atoms with van der Waals surface area (Å²) in [6, 6.07) is 7.35. The fraction of sp³-hybridized carbons (Fsp3) is 0.458. The maximum atomic E-state index is 13.6. The molecule has 0 saturated heterocycles. The Hall–Kier alpha value is -3.29. The van der Waals surface area contributed by atoms with Gasteiger partial charge in [0.05, 0.1) is 6.33 Å². The van der Waals surface area contributed by atoms with Gasteiger partial charge in [0.15, 0.2) is 0 Å². The quantitative estimate of drug-likeness (QED) is 0.493. The molecule has 1 atom stereocenters. The van der Waals surface area contributed by atoms with Gasteiger partial charge < -0.3 is 24.9 Å². The number of H-pyrrole nitrogens is 2. The average molecular weight is 440 g/mol. The molecular weight excluding hydrogens is 406 g/mol. The second kappa shape index (κ2) is 9.89. The van der Waals surface area contributed by atoms with Gasteiger partial charge in [-0.1, -0.05) is 19.9 Å². The lowest BCUT2D eigenvalue weighted by Crippen LogP contribution is -2.51. The Labute approximate surface area is 188 Å². The third kappa shape index (κ3) is 6.60. The summed E-state index contributed by atoms with van der Waals surface area (Å²) in [4.78, 5) is 38.2. The summed E-state index contributed by atoms with van der Waals surface area (Å²) in [5, 5.41) is 3.87. The Bertz CT molecular complexity index is 1030. The van der Waals surface area contributed by atoms with Crippen molar-refractivity contribution in [3.05, 3.63) is 54.2 Å². The summed E-state index contributed by atoms with van der Waals surface area (Å²) in [6.07, 6.45) is 4.79. The number of aromatic nitrogens is 3. The minimum atomic E-state index is -0.778. The highest BCUT2D eigenvalue weighted by Crippen LogP contribution is 2.18. The van der Waals surface area contributed by atoms with E-state index in [0.717, 1.165) is 22.2 Å². The van der Waals surface area contributed by atoms with Crippen LogP contribution >= 0.6 is 0 Å². The highest BCUT2D eigenvalue weighted by Gasteiger charge is 2.29. The first-order valence-electron chi connectivity index (χ1n) is 10.9. The third-order valence-corrected chi connectivity index (χ3v) is 4.86. The van der Waals surface area contributed by atoms with Crippen LogP contribution in [0.2, 0.25) is 0 Å². The first kappa shape index (κ1) is 23.4. The van der Waals surface area contributed by atoms with Crippen molar-refractivity contribution in [3.63, 3.8) is 0 Å². The van der Waals surface area contributed by atoms with Crippen molar-refractivity contribution in [1.82, 2.24) is 25.2 Å². The van der Waals surface area contributed by atoms with Crippen LogP contribution in [0.3, 0.4) is 0 Å². The Morgan fingerprint density at radius 3 is 2.62 bits per heavy atom. The molecule has 0 unspecified atom stereocenters. The van der Waals surface area contributed by atoms with Crippen molar-refractivity contribution < 1.29 is 14.3 Å². The monoisotopic (exact) mass is 439 g/mol. The second-order valence-electron chi connectivity index (χ2n) is 9.49. The van der Waals surface area contributed by atoms with Gasteiger partial charge in [-0.05, 0) is 55.8 Å². The molecule has 32 heavy (non-hydrogen) atoms. The predicted octanol–water partition coefficient (Wildman–Crippen LogP) is 4.01. The lowest BCUT2D eigenvalue weighted by molar-refractivity contribution is -0.134. The molecule has 3 aromatic rings. The number of nitrogens with zero attached hydrogens (tertiary/aromatic N) is 2. The summed E-state index contributed by atoms with van der Waals surface area (Å²) in [5.74, 6) is 0.109. The van der Waals surface area contributed by atoms with Crippen LogP contribution in [0.4, 0.5) is 4.79 Å². The number of hydrogen-bond acceptors (Lipinski definition) is 4. The van der Waals surface area contributed by atoms with E-state index in [-0.39, 0.29) is 11.8 Å². The number of carbonyl (C=O) groups is 2. The Morgan fingerprint density at radius 2 is 1.97 bits per heavy atom. The van der Waals surface area contributed by atoms with E-state index in [1.54, 1.807) is 38.2 Å². The molecule has 0 radical (unpaired) electrons. The molecule has 3 rings (SSSR count). The zero-order valence-corrected chi connectivity index (χ0v) is 19.4. The molecule has 0 aliphatic heterocycles. The normalized spacial score (nSPS) is 12.7. The van der Waals surface area contributed by atoms with Crippen LogP contribution in [0.5, 0.6) is 0 Å². The summed E-state index contributed by atoms with van der Waals surface area (Å²) in [5.41, 5.74) is 2.19. The van der Waals surface area contributed by atoms with Gasteiger partial charge in [0.25, 0.3) is 0 Å². The first-order valence-corrected chi connectivity index (χ1v) is 10.9. The van der Waals surface area contributed by atoms with Gasteiger partial charge in [-0.3, -0.25) is 4.79 Å². The Morgan fingerprint density at radius 1 is 1.19 bits per heavy atom. The molecular formula is C24H33N5O3. The number of hydrogen-bond donors (Lipinski definition) is 3. The van der Waals surface area contributed by atoms with Crippen LogP contribution < -0.4 is 5.32 Å². The fourth-order valence-corrected chi connectivity index (χ4v) is 3.58. The molecule has 0 saturated carbocycles. The van der Waals surface area contributed by atoms with Crippen molar-refractivity contribution in [3.8, 4) is 0 Å². The highest BCUT2D eigenvalue weighted by atomic mass is 16.6. The number of ether oxygens (including phenoxy) is 1. The number of nitrogens with one attached hydrogen (secondary N) is 3. The van der Waals surface area contributed by atoms with E-state index in [9.17, 15) is 9.59 Å². The summed E-state index contributed by atoms with van der Waals surface area (Å²) < 4.78 is 5.41. The summed E-state index contributed by atoms with van der Waals surface area (Å²) in [6.45, 7) is 10.5. The number of amides is 2. The van der Waals surface area contributed by atoms with Crippen molar-refractivity contribution >= 4 is 22.9 Å². The maximum Gasteiger partial charge on any atom is 0.408 e. The van der Waals surface area contributed by atoms with Gasteiger partial charge in [0.1, 0.15) is 11.6 Å². The Balaban J connectivity index is 1.82. The zero-order chi connectivity index (χ0) is 23.3. The van der Waals surface area contributed by atoms with Gasteiger partial charge in [0.2, 0.25) is 5.91 Å². The van der Waals surface area contributed by atoms with E-state index in [2.05, 4.69) is 40.2 Å². The summed E-state index contributed by atoms with van der Waals surface area (Å²) >= 11 is 0. The van der Waals surface area contributed by atoms with E-state index in [1.165, 1.54) is 0 Å². The zero-order valence-electron chi connectivity index (χ0n) is 19.4. The van der Waals surface area contributed by atoms with Crippen LogP contribution in [0.1, 0.15) is 45.9 Å². The lowest BCUT2D eigenvalue weighted by Gasteiger charge is -2.30. The van der Waals surface area contributed by atoms with E-state index in [4.69, 9.17) is 4.74 Å². The standard InChI is InChI=1S/C24H33N5O3/c1-16(2)13-29(14-17-6-7-20-18(10-17)8-9-26-20)22(30)21(11-19-12-25-15-27-19)28-23(31)32-24(3,4)5/h6-10,12,15-16,21,26H,11,13-14H2,1-5H3,(H,25,27)(H,28,31)/t21-/m0/s1. The molecule has 0 aliphatic rings. The minimum absolute atomic E-state index is 0.159. The molecule has 172 valence electrons. The topological polar surface area (TPSA) is 103 Å². The SMILES string of the molecule is CC(C)CN(Cc1ccc2[nH]ccc2c1)C(=O)[C@H](Cc1cnc[nH]1)NC(=O)OC(C)(C)C. The number of alkyl carbamates (subject to hydrolysis) is 1. The van der Waals surface area contributed by atoms with E-state index in [1.807, 2.05) is 24.4 Å². The number of imidazole rings is 1. The van der Waals surface area contributed by atoms with Gasteiger partial charge in [-0.2, -0.15) is 0 Å². The molecule has 2 heterocycles. The van der Waals surface area contributed by atoms with Crippen molar-refractivity contribution in [2.24, 2.45) is 5.92 Å². The lowest BCUT2D eigenvalue weighted by atomic mass is 10.1. The van der Waals surface area contributed by atoms with Crippen LogP contribution in [-0.2, 0) is 22.5 Å². The minimum Gasteiger partial charge on any atom is -0.444 e. The molecule has 0 spiro atoms. The molecule has 3 N–H and O–H groups in total. The van der Waals surface area contributed by atoms with Crippen LogP contribution in [-0.4, -0.2) is 50.0 Å². The molecule has 8 nitrogen and oxygen atoms in total. The molecule has 0 aliphatic carbocycles. The van der Waals surface area contributed by atoms with E-state index in [0.29, 0.717) is 19.5 Å². The first-order chi connectivity index (χ1) is 15.1. The predicted molar refractivity (Wildman–Crippen MR) is 124 cm³/mol. The van der Waals surface area contributed by atoms with E-state index >= 15 is 0 Å². The molecule has 2 aromatic heterocycles. The van der Waals surface area contributed by atoms with Crippen molar-refractivity contribution in [2.75, 3.05) is 6.54 Å². The maximum absolute atomic E-state index is 13.6. The van der Waals surface area contributed by atoms with Crippen LogP contribution in [0, 0.1) is 5.92 Å². The number of rotatable bonds is 8. The van der Waals surface area contributed by atoms with Crippen LogP contribution in [0.15, 0.2) is 43.0 Å². The number of benzene rings is 1. The van der Waals surface area contributed by atoms with Gasteiger partial charge in [-0.15, -0.1) is 0 Å². The smallest absolute Gasteiger partial charge is 0.408 e. The molecule has 0 fully saturated rings. The highest BCUT2D eigenvalue weighted by molar-refractivity contribution is 5.86. The molecule has 1 aromatic carbocycles. The largest absolute Gasteiger partial charge is 0.444 e. The van der Waals surface area contributed by atoms with Gasteiger partial charge >= 0.3 is 6.09 Å². The van der Waals surface area contributed by atoms with Gasteiger partial charge in [-0.25, -0.2) is 9.78 Å². The van der Waals surface area contributed by atoms with E-state index < -0.39 is 17.7 Å². The molecule has 2 amide bonds. The number of aromatic amines is 2. The third-order valence-electron chi connectivity index (χ3n) is 4.86. The van der Waals surface area contributed by atoms with Crippen LogP contribution in [0.25, 0.3) is 10.9 Å². The second-order valence-corrected chi connectivity index (χ2v) is 9.49. The molecule has 0 bridgehead atoms. The van der Waals surface area contributed by atoms with Gasteiger partial charge in [0, 0.05) is 43.1 Å². The van der Waals surface area contributed by atoms with Crippen molar-refractivity contribution in [2.45, 2.75) is 59.2 Å². The fourth-order valence-electron chi connectivity index (χ4n) is 3.58. The number of fused-ring (bicyclic) bond motifs is 1.